The molecule has 6 heteroatoms. The molecule has 0 bridgehead atoms. The van der Waals surface area contributed by atoms with E-state index in [1.807, 2.05) is 0 Å². The summed E-state index contributed by atoms with van der Waals surface area (Å²) < 4.78 is 42.5. The molecule has 0 radical (unpaired) electrons. The van der Waals surface area contributed by atoms with Crippen molar-refractivity contribution in [3.05, 3.63) is 30.1 Å². The number of hydrogen-bond donors (Lipinski definition) is 0. The van der Waals surface area contributed by atoms with Crippen LogP contribution in [0.25, 0.3) is 0 Å². The van der Waals surface area contributed by atoms with E-state index in [4.69, 9.17) is 4.74 Å². The Hall–Kier alpha value is -1.56. The van der Waals surface area contributed by atoms with Gasteiger partial charge in [0.15, 0.2) is 0 Å². The monoisotopic (exact) mass is 261 g/mol. The number of ether oxygens (including phenoxy) is 1. The lowest BCUT2D eigenvalue weighted by atomic mass is 10.2. The summed E-state index contributed by atoms with van der Waals surface area (Å²) in [6.07, 6.45) is -3.52. The third-order valence-corrected chi connectivity index (χ3v) is 2.43. The molecule has 0 fully saturated rings. The molecule has 0 aliphatic rings. The number of amides is 1. The molecular formula is C12H14F3NO2. The van der Waals surface area contributed by atoms with Gasteiger partial charge in [-0.2, -0.15) is 0 Å². The molecule has 0 aliphatic carbocycles. The second-order valence-electron chi connectivity index (χ2n) is 3.69. The average molecular weight is 261 g/mol. The molecule has 1 rings (SSSR count). The normalized spacial score (nSPS) is 12.6. The largest absolute Gasteiger partial charge is 0.372 e. The van der Waals surface area contributed by atoms with E-state index in [0.29, 0.717) is 0 Å². The second kappa shape index (κ2) is 6.39. The first-order valence-electron chi connectivity index (χ1n) is 5.33. The summed E-state index contributed by atoms with van der Waals surface area (Å²) in [4.78, 5) is 12.8. The number of carbonyl (C=O) groups excluding carboxylic acids is 1. The van der Waals surface area contributed by atoms with Gasteiger partial charge in [0.05, 0.1) is 6.54 Å². The summed E-state index contributed by atoms with van der Waals surface area (Å²) >= 11 is 0. The number of nitrogens with zero attached hydrogens (tertiary/aromatic N) is 1. The molecule has 0 unspecified atom stereocenters. The lowest BCUT2D eigenvalue weighted by molar-refractivity contribution is -0.127. The quantitative estimate of drug-likeness (QED) is 0.814. The number of anilines is 1. The Bertz CT molecular complexity index is 395. The van der Waals surface area contributed by atoms with Crippen molar-refractivity contribution in [2.75, 3.05) is 18.6 Å². The van der Waals surface area contributed by atoms with Crippen LogP contribution in [0.15, 0.2) is 24.3 Å². The minimum atomic E-state index is -2.68. The van der Waals surface area contributed by atoms with Gasteiger partial charge < -0.3 is 9.64 Å². The highest BCUT2D eigenvalue weighted by Crippen LogP contribution is 2.18. The van der Waals surface area contributed by atoms with Gasteiger partial charge in [0, 0.05) is 12.8 Å². The molecule has 0 aromatic heterocycles. The van der Waals surface area contributed by atoms with Crippen LogP contribution in [0.4, 0.5) is 18.9 Å². The molecule has 0 N–H and O–H groups in total. The minimum Gasteiger partial charge on any atom is -0.372 e. The fourth-order valence-electron chi connectivity index (χ4n) is 1.40. The van der Waals surface area contributed by atoms with Crippen molar-refractivity contribution in [1.82, 2.24) is 0 Å². The maximum absolute atomic E-state index is 12.8. The predicted octanol–water partition coefficient (Wildman–Crippen LogP) is 2.46. The highest BCUT2D eigenvalue weighted by molar-refractivity contribution is 5.96. The molecule has 0 saturated heterocycles. The van der Waals surface area contributed by atoms with Crippen molar-refractivity contribution in [3.8, 4) is 0 Å². The van der Waals surface area contributed by atoms with Crippen molar-refractivity contribution >= 4 is 11.6 Å². The molecule has 1 aromatic rings. The van der Waals surface area contributed by atoms with E-state index in [2.05, 4.69) is 0 Å². The predicted molar refractivity (Wildman–Crippen MR) is 61.2 cm³/mol. The molecule has 0 spiro atoms. The second-order valence-corrected chi connectivity index (χ2v) is 3.69. The first-order valence-corrected chi connectivity index (χ1v) is 5.33. The van der Waals surface area contributed by atoms with Crippen LogP contribution in [0.3, 0.4) is 0 Å². The van der Waals surface area contributed by atoms with Crippen molar-refractivity contribution < 1.29 is 22.7 Å². The van der Waals surface area contributed by atoms with Gasteiger partial charge in [0.25, 0.3) is 12.3 Å². The fraction of sp³-hybridized carbons (Fsp3) is 0.417. The van der Waals surface area contributed by atoms with Gasteiger partial charge in [-0.3, -0.25) is 4.79 Å². The van der Waals surface area contributed by atoms with Crippen LogP contribution in [0, 0.1) is 5.82 Å². The molecule has 1 aromatic carbocycles. The topological polar surface area (TPSA) is 29.5 Å². The zero-order chi connectivity index (χ0) is 13.7. The Balaban J connectivity index is 2.97. The molecular weight excluding hydrogens is 247 g/mol. The fourth-order valence-corrected chi connectivity index (χ4v) is 1.40. The van der Waals surface area contributed by atoms with E-state index in [-0.39, 0.29) is 5.69 Å². The van der Waals surface area contributed by atoms with Gasteiger partial charge in [0.2, 0.25) is 0 Å². The summed E-state index contributed by atoms with van der Waals surface area (Å²) in [6.45, 7) is 0.711. The Morgan fingerprint density at radius 3 is 2.33 bits per heavy atom. The summed E-state index contributed by atoms with van der Waals surface area (Å²) in [5.41, 5.74) is 0.214. The Morgan fingerprint density at radius 2 is 1.89 bits per heavy atom. The minimum absolute atomic E-state index is 0.214. The highest BCUT2D eigenvalue weighted by Gasteiger charge is 2.24. The molecule has 1 amide bonds. The molecule has 0 heterocycles. The van der Waals surface area contributed by atoms with Gasteiger partial charge >= 0.3 is 0 Å². The number of methoxy groups -OCH3 is 1. The molecule has 100 valence electrons. The van der Waals surface area contributed by atoms with E-state index >= 15 is 0 Å². The van der Waals surface area contributed by atoms with Crippen molar-refractivity contribution in [1.29, 1.82) is 0 Å². The van der Waals surface area contributed by atoms with Crippen LogP contribution in [-0.4, -0.2) is 32.1 Å². The number of halogens is 3. The lowest BCUT2D eigenvalue weighted by Gasteiger charge is -2.25. The van der Waals surface area contributed by atoms with Crippen molar-refractivity contribution in [3.63, 3.8) is 0 Å². The van der Waals surface area contributed by atoms with Gasteiger partial charge in [-0.15, -0.1) is 0 Å². The zero-order valence-electron chi connectivity index (χ0n) is 10.1. The van der Waals surface area contributed by atoms with Crippen LogP contribution >= 0.6 is 0 Å². The molecule has 1 atom stereocenters. The van der Waals surface area contributed by atoms with E-state index < -0.39 is 30.8 Å². The summed E-state index contributed by atoms with van der Waals surface area (Å²) in [6, 6.07) is 4.77. The first kappa shape index (κ1) is 14.5. The Kier molecular flexibility index (Phi) is 5.15. The maximum Gasteiger partial charge on any atom is 0.256 e. The van der Waals surface area contributed by atoms with Gasteiger partial charge in [0.1, 0.15) is 11.9 Å². The number of benzene rings is 1. The molecule has 0 saturated carbocycles. The smallest absolute Gasteiger partial charge is 0.256 e. The van der Waals surface area contributed by atoms with Crippen LogP contribution in [0.2, 0.25) is 0 Å². The van der Waals surface area contributed by atoms with E-state index in [0.717, 1.165) is 17.0 Å². The van der Waals surface area contributed by atoms with Crippen LogP contribution in [0.1, 0.15) is 6.92 Å². The maximum atomic E-state index is 12.8. The van der Waals surface area contributed by atoms with E-state index in [1.54, 1.807) is 0 Å². The SMILES string of the molecule is CO[C@@H](C)C(=O)N(CC(F)F)c1ccc(F)cc1. The van der Waals surface area contributed by atoms with Crippen LogP contribution in [-0.2, 0) is 9.53 Å². The summed E-state index contributed by atoms with van der Waals surface area (Å²) in [5, 5.41) is 0. The molecule has 0 aliphatic heterocycles. The third-order valence-electron chi connectivity index (χ3n) is 2.43. The van der Waals surface area contributed by atoms with Crippen molar-refractivity contribution in [2.45, 2.75) is 19.5 Å². The average Bonchev–Trinajstić information content (AvgIpc) is 2.35. The van der Waals surface area contributed by atoms with Crippen LogP contribution in [0.5, 0.6) is 0 Å². The first-order chi connectivity index (χ1) is 8.45. The zero-order valence-corrected chi connectivity index (χ0v) is 10.1. The third kappa shape index (κ3) is 3.73. The van der Waals surface area contributed by atoms with Gasteiger partial charge in [-0.25, -0.2) is 13.2 Å². The van der Waals surface area contributed by atoms with Gasteiger partial charge in [-0.1, -0.05) is 0 Å². The summed E-state index contributed by atoms with van der Waals surface area (Å²) in [5.74, 6) is -1.09. The van der Waals surface area contributed by atoms with Crippen molar-refractivity contribution in [2.24, 2.45) is 0 Å². The number of rotatable bonds is 5. The standard InChI is InChI=1S/C12H14F3NO2/c1-8(18-2)12(17)16(7-11(14)15)10-5-3-9(13)4-6-10/h3-6,8,11H,7H2,1-2H3/t8-/m0/s1. The molecule has 3 nitrogen and oxygen atoms in total. The molecule has 18 heavy (non-hydrogen) atoms. The highest BCUT2D eigenvalue weighted by atomic mass is 19.3. The van der Waals surface area contributed by atoms with E-state index in [9.17, 15) is 18.0 Å². The number of carbonyl (C=O) groups is 1. The summed E-state index contributed by atoms with van der Waals surface area (Å²) in [7, 11) is 1.31. The Labute approximate surface area is 103 Å². The lowest BCUT2D eigenvalue weighted by Crippen LogP contribution is -2.41. The number of alkyl halides is 2. The van der Waals surface area contributed by atoms with E-state index in [1.165, 1.54) is 26.2 Å². The van der Waals surface area contributed by atoms with Gasteiger partial charge in [-0.05, 0) is 31.2 Å². The number of hydrogen-bond acceptors (Lipinski definition) is 2. The Morgan fingerprint density at radius 1 is 1.33 bits per heavy atom. The van der Waals surface area contributed by atoms with Crippen LogP contribution < -0.4 is 4.90 Å².